The van der Waals surface area contributed by atoms with Gasteiger partial charge < -0.3 is 10.1 Å². The Balaban J connectivity index is 1.55. The highest BCUT2D eigenvalue weighted by Gasteiger charge is 2.18. The lowest BCUT2D eigenvalue weighted by Crippen LogP contribution is -2.47. The van der Waals surface area contributed by atoms with E-state index in [-0.39, 0.29) is 5.91 Å². The summed E-state index contributed by atoms with van der Waals surface area (Å²) in [5.41, 5.74) is 1.37. The number of benzene rings is 1. The van der Waals surface area contributed by atoms with E-state index >= 15 is 0 Å². The van der Waals surface area contributed by atoms with Crippen LogP contribution in [-0.4, -0.2) is 59.5 Å². The summed E-state index contributed by atoms with van der Waals surface area (Å²) in [6.07, 6.45) is 1.80. The van der Waals surface area contributed by atoms with Crippen molar-refractivity contribution in [1.82, 2.24) is 20.0 Å². The summed E-state index contributed by atoms with van der Waals surface area (Å²) in [5.74, 6) is -0.139. The van der Waals surface area contributed by atoms with Gasteiger partial charge in [-0.15, -0.1) is 0 Å². The van der Waals surface area contributed by atoms with E-state index < -0.39 is 0 Å². The second-order valence-corrected chi connectivity index (χ2v) is 5.69. The number of aromatic nitrogens is 2. The van der Waals surface area contributed by atoms with Crippen LogP contribution in [0.1, 0.15) is 17.4 Å². The van der Waals surface area contributed by atoms with E-state index in [2.05, 4.69) is 22.2 Å². The van der Waals surface area contributed by atoms with Crippen molar-refractivity contribution in [3.05, 3.63) is 48.3 Å². The lowest BCUT2D eigenvalue weighted by molar-refractivity contribution is 0.0204. The average molecular weight is 314 g/mol. The van der Waals surface area contributed by atoms with Crippen LogP contribution in [0.15, 0.2) is 42.6 Å². The lowest BCUT2D eigenvalue weighted by atomic mass is 10.2. The Labute approximate surface area is 136 Å². The maximum Gasteiger partial charge on any atom is 0.271 e. The van der Waals surface area contributed by atoms with Gasteiger partial charge in [-0.1, -0.05) is 18.2 Å². The van der Waals surface area contributed by atoms with E-state index in [4.69, 9.17) is 4.74 Å². The molecule has 2 aromatic rings. The van der Waals surface area contributed by atoms with E-state index in [1.807, 2.05) is 30.3 Å². The molecular formula is C17H22N4O2. The molecule has 122 valence electrons. The number of nitrogens with zero attached hydrogens (tertiary/aromatic N) is 3. The monoisotopic (exact) mass is 314 g/mol. The van der Waals surface area contributed by atoms with Gasteiger partial charge >= 0.3 is 0 Å². The fourth-order valence-corrected chi connectivity index (χ4v) is 2.65. The zero-order chi connectivity index (χ0) is 16.1. The van der Waals surface area contributed by atoms with Crippen molar-refractivity contribution in [2.24, 2.45) is 0 Å². The van der Waals surface area contributed by atoms with Gasteiger partial charge in [-0.25, -0.2) is 4.68 Å². The second kappa shape index (κ2) is 7.39. The van der Waals surface area contributed by atoms with E-state index in [9.17, 15) is 4.79 Å². The largest absolute Gasteiger partial charge is 0.379 e. The molecule has 0 bridgehead atoms. The van der Waals surface area contributed by atoms with Crippen LogP contribution in [0.4, 0.5) is 0 Å². The van der Waals surface area contributed by atoms with Crippen LogP contribution in [0.25, 0.3) is 5.69 Å². The summed E-state index contributed by atoms with van der Waals surface area (Å²) in [7, 11) is 0. The van der Waals surface area contributed by atoms with Gasteiger partial charge in [0.1, 0.15) is 0 Å². The number of morpholine rings is 1. The smallest absolute Gasteiger partial charge is 0.271 e. The van der Waals surface area contributed by atoms with Crippen LogP contribution in [0.2, 0.25) is 0 Å². The fourth-order valence-electron chi connectivity index (χ4n) is 2.65. The van der Waals surface area contributed by atoms with E-state index in [0.717, 1.165) is 32.0 Å². The first-order valence-corrected chi connectivity index (χ1v) is 7.95. The Morgan fingerprint density at radius 3 is 2.74 bits per heavy atom. The summed E-state index contributed by atoms with van der Waals surface area (Å²) in [4.78, 5) is 14.6. The maximum absolute atomic E-state index is 12.2. The van der Waals surface area contributed by atoms with Gasteiger partial charge in [-0.05, 0) is 25.1 Å². The average Bonchev–Trinajstić information content (AvgIpc) is 3.11. The zero-order valence-electron chi connectivity index (χ0n) is 13.3. The summed E-state index contributed by atoms with van der Waals surface area (Å²) in [6.45, 7) is 6.09. The minimum atomic E-state index is -0.139. The third-order valence-electron chi connectivity index (χ3n) is 4.07. The minimum Gasteiger partial charge on any atom is -0.379 e. The number of nitrogens with one attached hydrogen (secondary N) is 1. The molecule has 0 aliphatic carbocycles. The first-order valence-electron chi connectivity index (χ1n) is 7.95. The zero-order valence-corrected chi connectivity index (χ0v) is 13.3. The first kappa shape index (κ1) is 15.7. The summed E-state index contributed by atoms with van der Waals surface area (Å²) in [6, 6.07) is 11.8. The fraction of sp³-hybridized carbons (Fsp3) is 0.412. The second-order valence-electron chi connectivity index (χ2n) is 5.69. The predicted octanol–water partition coefficient (Wildman–Crippen LogP) is 1.32. The normalized spacial score (nSPS) is 16.9. The van der Waals surface area contributed by atoms with Crippen LogP contribution < -0.4 is 5.32 Å². The SMILES string of the molecule is CC(CNC(=O)c1ccn(-c2ccccc2)n1)N1CCOCC1. The Morgan fingerprint density at radius 2 is 2.00 bits per heavy atom. The molecule has 3 rings (SSSR count). The van der Waals surface area contributed by atoms with Crippen LogP contribution in [0.3, 0.4) is 0 Å². The Morgan fingerprint density at radius 1 is 1.26 bits per heavy atom. The van der Waals surface area contributed by atoms with Crippen molar-refractivity contribution in [1.29, 1.82) is 0 Å². The van der Waals surface area contributed by atoms with E-state index in [0.29, 0.717) is 18.3 Å². The molecule has 1 aromatic heterocycles. The Bertz CT molecular complexity index is 635. The quantitative estimate of drug-likeness (QED) is 0.904. The van der Waals surface area contributed by atoms with Gasteiger partial charge in [0, 0.05) is 31.9 Å². The van der Waals surface area contributed by atoms with Gasteiger partial charge in [-0.2, -0.15) is 5.10 Å². The van der Waals surface area contributed by atoms with Crippen molar-refractivity contribution in [3.63, 3.8) is 0 Å². The van der Waals surface area contributed by atoms with Crippen LogP contribution in [-0.2, 0) is 4.74 Å². The van der Waals surface area contributed by atoms with Crippen LogP contribution in [0.5, 0.6) is 0 Å². The summed E-state index contributed by atoms with van der Waals surface area (Å²) < 4.78 is 7.06. The van der Waals surface area contributed by atoms with Gasteiger partial charge in [-0.3, -0.25) is 9.69 Å². The lowest BCUT2D eigenvalue weighted by Gasteiger charge is -2.32. The number of amides is 1. The Kier molecular flexibility index (Phi) is 5.05. The molecule has 1 amide bonds. The molecule has 1 N–H and O–H groups in total. The summed E-state index contributed by atoms with van der Waals surface area (Å²) >= 11 is 0. The molecule has 1 saturated heterocycles. The van der Waals surface area contributed by atoms with Crippen molar-refractivity contribution in [2.75, 3.05) is 32.8 Å². The molecular weight excluding hydrogens is 292 g/mol. The van der Waals surface area contributed by atoms with Crippen molar-refractivity contribution in [2.45, 2.75) is 13.0 Å². The van der Waals surface area contributed by atoms with Gasteiger partial charge in [0.2, 0.25) is 0 Å². The van der Waals surface area contributed by atoms with Crippen molar-refractivity contribution < 1.29 is 9.53 Å². The van der Waals surface area contributed by atoms with Crippen molar-refractivity contribution >= 4 is 5.91 Å². The third kappa shape index (κ3) is 3.97. The number of carbonyl (C=O) groups is 1. The van der Waals surface area contributed by atoms with Gasteiger partial charge in [0.15, 0.2) is 5.69 Å². The molecule has 1 unspecified atom stereocenters. The minimum absolute atomic E-state index is 0.139. The van der Waals surface area contributed by atoms with Crippen LogP contribution in [0, 0.1) is 0 Å². The third-order valence-corrected chi connectivity index (χ3v) is 4.07. The highest BCUT2D eigenvalue weighted by molar-refractivity contribution is 5.92. The highest BCUT2D eigenvalue weighted by Crippen LogP contribution is 2.07. The number of ether oxygens (including phenoxy) is 1. The number of hydrogen-bond donors (Lipinski definition) is 1. The molecule has 1 aliphatic heterocycles. The van der Waals surface area contributed by atoms with Crippen molar-refractivity contribution in [3.8, 4) is 5.69 Å². The molecule has 6 nitrogen and oxygen atoms in total. The topological polar surface area (TPSA) is 59.4 Å². The van der Waals surface area contributed by atoms with E-state index in [1.165, 1.54) is 0 Å². The van der Waals surface area contributed by atoms with Crippen LogP contribution >= 0.6 is 0 Å². The van der Waals surface area contributed by atoms with Gasteiger partial charge in [0.25, 0.3) is 5.91 Å². The number of rotatable bonds is 5. The summed E-state index contributed by atoms with van der Waals surface area (Å²) in [5, 5.41) is 7.31. The first-order chi connectivity index (χ1) is 11.2. The molecule has 23 heavy (non-hydrogen) atoms. The predicted molar refractivity (Wildman–Crippen MR) is 87.8 cm³/mol. The molecule has 2 heterocycles. The molecule has 1 atom stereocenters. The molecule has 1 aromatic carbocycles. The standard InChI is InChI=1S/C17H22N4O2/c1-14(20-9-11-23-12-10-20)13-18-17(22)16-7-8-21(19-16)15-5-3-2-4-6-15/h2-8,14H,9-13H2,1H3,(H,18,22). The van der Waals surface area contributed by atoms with E-state index in [1.54, 1.807) is 16.9 Å². The number of para-hydroxylation sites is 1. The Hall–Kier alpha value is -2.18. The molecule has 0 spiro atoms. The molecule has 0 radical (unpaired) electrons. The molecule has 6 heteroatoms. The van der Waals surface area contributed by atoms with Gasteiger partial charge in [0.05, 0.1) is 18.9 Å². The highest BCUT2D eigenvalue weighted by atomic mass is 16.5. The number of hydrogen-bond acceptors (Lipinski definition) is 4. The molecule has 1 fully saturated rings. The maximum atomic E-state index is 12.2. The molecule has 1 aliphatic rings. The number of carbonyl (C=O) groups excluding carboxylic acids is 1. The molecule has 0 saturated carbocycles.